The molecule has 0 bridgehead atoms. The summed E-state index contributed by atoms with van der Waals surface area (Å²) in [5.74, 6) is 0.932. The number of nitrogen functional groups attached to an aromatic ring is 1. The second-order valence-electron chi connectivity index (χ2n) is 4.31. The minimum atomic E-state index is -2.99. The zero-order chi connectivity index (χ0) is 13.0. The Morgan fingerprint density at radius 3 is 2.78 bits per heavy atom. The average Bonchev–Trinajstić information content (AvgIpc) is 2.66. The summed E-state index contributed by atoms with van der Waals surface area (Å²) >= 11 is 0. The first-order chi connectivity index (χ1) is 8.59. The second kappa shape index (κ2) is 5.58. The van der Waals surface area contributed by atoms with E-state index in [-0.39, 0.29) is 5.75 Å². The summed E-state index contributed by atoms with van der Waals surface area (Å²) in [6.45, 7) is 1.63. The van der Waals surface area contributed by atoms with Gasteiger partial charge in [0.1, 0.15) is 5.75 Å². The SMILES string of the molecule is Nc1ccccc1OCCCN1CCCS1(=O)=O. The quantitative estimate of drug-likeness (QED) is 0.641. The van der Waals surface area contributed by atoms with Gasteiger partial charge in [-0.3, -0.25) is 0 Å². The van der Waals surface area contributed by atoms with Crippen LogP contribution in [0.1, 0.15) is 12.8 Å². The number of nitrogens with zero attached hydrogens (tertiary/aromatic N) is 1. The summed E-state index contributed by atoms with van der Waals surface area (Å²) in [6.07, 6.45) is 1.41. The Morgan fingerprint density at radius 2 is 2.11 bits per heavy atom. The lowest BCUT2D eigenvalue weighted by Crippen LogP contribution is -2.27. The Labute approximate surface area is 108 Å². The molecule has 1 fully saturated rings. The first kappa shape index (κ1) is 13.2. The third-order valence-electron chi connectivity index (χ3n) is 2.93. The van der Waals surface area contributed by atoms with Gasteiger partial charge in [0.15, 0.2) is 0 Å². The molecule has 0 aliphatic carbocycles. The maximum absolute atomic E-state index is 11.5. The molecule has 0 atom stereocenters. The topological polar surface area (TPSA) is 72.6 Å². The van der Waals surface area contributed by atoms with Gasteiger partial charge >= 0.3 is 0 Å². The van der Waals surface area contributed by atoms with Crippen molar-refractivity contribution < 1.29 is 13.2 Å². The van der Waals surface area contributed by atoms with Crippen molar-refractivity contribution in [3.8, 4) is 5.75 Å². The molecule has 0 radical (unpaired) electrons. The zero-order valence-electron chi connectivity index (χ0n) is 10.2. The van der Waals surface area contributed by atoms with Gasteiger partial charge in [-0.05, 0) is 25.0 Å². The van der Waals surface area contributed by atoms with Crippen LogP contribution in [0, 0.1) is 0 Å². The van der Waals surface area contributed by atoms with Crippen molar-refractivity contribution >= 4 is 15.7 Å². The molecule has 2 rings (SSSR count). The van der Waals surface area contributed by atoms with Crippen LogP contribution in [0.2, 0.25) is 0 Å². The molecule has 6 heteroatoms. The zero-order valence-corrected chi connectivity index (χ0v) is 11.0. The van der Waals surface area contributed by atoms with Crippen molar-refractivity contribution in [3.63, 3.8) is 0 Å². The second-order valence-corrected chi connectivity index (χ2v) is 6.40. The molecule has 5 nitrogen and oxygen atoms in total. The van der Waals surface area contributed by atoms with Crippen LogP contribution in [0.4, 0.5) is 5.69 Å². The van der Waals surface area contributed by atoms with Crippen LogP contribution in [0.5, 0.6) is 5.75 Å². The molecule has 1 aromatic rings. The Bertz CT molecular complexity index is 502. The third-order valence-corrected chi connectivity index (χ3v) is 4.89. The van der Waals surface area contributed by atoms with E-state index >= 15 is 0 Å². The van der Waals surface area contributed by atoms with E-state index in [1.165, 1.54) is 4.31 Å². The van der Waals surface area contributed by atoms with Crippen molar-refractivity contribution in [2.45, 2.75) is 12.8 Å². The molecule has 1 heterocycles. The lowest BCUT2D eigenvalue weighted by atomic mass is 10.3. The number of para-hydroxylation sites is 2. The Morgan fingerprint density at radius 1 is 1.33 bits per heavy atom. The summed E-state index contributed by atoms with van der Waals surface area (Å²) in [4.78, 5) is 0. The van der Waals surface area contributed by atoms with Gasteiger partial charge in [-0.25, -0.2) is 12.7 Å². The summed E-state index contributed by atoms with van der Waals surface area (Å²) in [5.41, 5.74) is 6.34. The van der Waals surface area contributed by atoms with Gasteiger partial charge in [0.2, 0.25) is 10.0 Å². The molecular formula is C12H18N2O3S. The first-order valence-corrected chi connectivity index (χ1v) is 7.66. The maximum Gasteiger partial charge on any atom is 0.214 e. The van der Waals surface area contributed by atoms with Crippen molar-refractivity contribution in [2.75, 3.05) is 31.2 Å². The Hall–Kier alpha value is -1.27. The van der Waals surface area contributed by atoms with Crippen LogP contribution in [-0.2, 0) is 10.0 Å². The molecule has 18 heavy (non-hydrogen) atoms. The number of rotatable bonds is 5. The van der Waals surface area contributed by atoms with Gasteiger partial charge in [0.25, 0.3) is 0 Å². The smallest absolute Gasteiger partial charge is 0.214 e. The average molecular weight is 270 g/mol. The number of hydrogen-bond acceptors (Lipinski definition) is 4. The molecular weight excluding hydrogens is 252 g/mol. The van der Waals surface area contributed by atoms with Crippen LogP contribution < -0.4 is 10.5 Å². The maximum atomic E-state index is 11.5. The number of anilines is 1. The number of hydrogen-bond donors (Lipinski definition) is 1. The van der Waals surface area contributed by atoms with Crippen LogP contribution in [0.3, 0.4) is 0 Å². The molecule has 100 valence electrons. The highest BCUT2D eigenvalue weighted by atomic mass is 32.2. The lowest BCUT2D eigenvalue weighted by molar-refractivity contribution is 0.293. The largest absolute Gasteiger partial charge is 0.491 e. The molecule has 2 N–H and O–H groups in total. The normalized spacial score (nSPS) is 18.9. The summed E-state index contributed by atoms with van der Waals surface area (Å²) in [6, 6.07) is 7.29. The number of ether oxygens (including phenoxy) is 1. The fraction of sp³-hybridized carbons (Fsp3) is 0.500. The minimum Gasteiger partial charge on any atom is -0.491 e. The van der Waals surface area contributed by atoms with E-state index in [4.69, 9.17) is 10.5 Å². The van der Waals surface area contributed by atoms with Gasteiger partial charge in [-0.1, -0.05) is 12.1 Å². The predicted octanol–water partition coefficient (Wildman–Crippen LogP) is 1.07. The first-order valence-electron chi connectivity index (χ1n) is 6.05. The van der Waals surface area contributed by atoms with Crippen molar-refractivity contribution in [1.82, 2.24) is 4.31 Å². The molecule has 0 aromatic heterocycles. The van der Waals surface area contributed by atoms with Crippen LogP contribution >= 0.6 is 0 Å². The molecule has 0 unspecified atom stereocenters. The van der Waals surface area contributed by atoms with Gasteiger partial charge in [0, 0.05) is 13.1 Å². The lowest BCUT2D eigenvalue weighted by Gasteiger charge is -2.14. The standard InChI is InChI=1S/C12H18N2O3S/c13-11-5-1-2-6-12(11)17-9-3-7-14-8-4-10-18(14,15)16/h1-2,5-6H,3-4,7-10,13H2. The van der Waals surface area contributed by atoms with Gasteiger partial charge in [-0.2, -0.15) is 0 Å². The highest BCUT2D eigenvalue weighted by Crippen LogP contribution is 2.20. The van der Waals surface area contributed by atoms with E-state index in [0.717, 1.165) is 6.42 Å². The van der Waals surface area contributed by atoms with Crippen LogP contribution in [-0.4, -0.2) is 38.2 Å². The van der Waals surface area contributed by atoms with E-state index in [1.807, 2.05) is 18.2 Å². The molecule has 0 amide bonds. The summed E-state index contributed by atoms with van der Waals surface area (Å²) in [5, 5.41) is 0. The highest BCUT2D eigenvalue weighted by molar-refractivity contribution is 7.89. The molecule has 1 aliphatic heterocycles. The van der Waals surface area contributed by atoms with Crippen LogP contribution in [0.15, 0.2) is 24.3 Å². The number of sulfonamides is 1. The van der Waals surface area contributed by atoms with Gasteiger partial charge in [0.05, 0.1) is 18.0 Å². The fourth-order valence-electron chi connectivity index (χ4n) is 1.98. The molecule has 1 aromatic carbocycles. The van der Waals surface area contributed by atoms with Crippen molar-refractivity contribution in [1.29, 1.82) is 0 Å². The monoisotopic (exact) mass is 270 g/mol. The Kier molecular flexibility index (Phi) is 4.08. The predicted molar refractivity (Wildman–Crippen MR) is 70.9 cm³/mol. The van der Waals surface area contributed by atoms with Gasteiger partial charge in [-0.15, -0.1) is 0 Å². The van der Waals surface area contributed by atoms with E-state index in [9.17, 15) is 8.42 Å². The minimum absolute atomic E-state index is 0.277. The van der Waals surface area contributed by atoms with Crippen LogP contribution in [0.25, 0.3) is 0 Å². The molecule has 1 aliphatic rings. The van der Waals surface area contributed by atoms with Crippen molar-refractivity contribution in [2.24, 2.45) is 0 Å². The third kappa shape index (κ3) is 3.14. The Balaban J connectivity index is 1.75. The summed E-state index contributed by atoms with van der Waals surface area (Å²) in [7, 11) is -2.99. The van der Waals surface area contributed by atoms with E-state index in [0.29, 0.717) is 37.6 Å². The van der Waals surface area contributed by atoms with E-state index in [2.05, 4.69) is 0 Å². The molecule has 0 spiro atoms. The fourth-order valence-corrected chi connectivity index (χ4v) is 3.54. The van der Waals surface area contributed by atoms with E-state index in [1.54, 1.807) is 6.07 Å². The van der Waals surface area contributed by atoms with Crippen molar-refractivity contribution in [3.05, 3.63) is 24.3 Å². The number of benzene rings is 1. The van der Waals surface area contributed by atoms with E-state index < -0.39 is 10.0 Å². The van der Waals surface area contributed by atoms with Gasteiger partial charge < -0.3 is 10.5 Å². The summed E-state index contributed by atoms with van der Waals surface area (Å²) < 4.78 is 30.1. The highest BCUT2D eigenvalue weighted by Gasteiger charge is 2.27. The number of nitrogens with two attached hydrogens (primary N) is 1. The molecule has 0 saturated carbocycles. The molecule has 1 saturated heterocycles.